The average molecular weight is 538 g/mol. The lowest BCUT2D eigenvalue weighted by Gasteiger charge is -2.52. The first-order valence-electron chi connectivity index (χ1n) is 10.0. The van der Waals surface area contributed by atoms with E-state index in [2.05, 4.69) is 15.9 Å². The van der Waals surface area contributed by atoms with E-state index in [1.165, 1.54) is 44.2 Å². The summed E-state index contributed by atoms with van der Waals surface area (Å²) < 4.78 is 2.75. The summed E-state index contributed by atoms with van der Waals surface area (Å²) in [6.45, 7) is 0. The highest BCUT2D eigenvalue weighted by Gasteiger charge is 2.71. The monoisotopic (exact) mass is 536 g/mol. The highest BCUT2D eigenvalue weighted by atomic mass is 79.9. The van der Waals surface area contributed by atoms with Crippen molar-refractivity contribution >= 4 is 44.4 Å². The lowest BCUT2D eigenvalue weighted by Crippen LogP contribution is -2.74. The lowest BCUT2D eigenvalue weighted by molar-refractivity contribution is -0.361. The molecule has 1 aromatic carbocycles. The highest BCUT2D eigenvalue weighted by Crippen LogP contribution is 2.50. The fraction of sp³-hybridized carbons (Fsp3) is 0.550. The minimum Gasteiger partial charge on any atom is -0.506 e. The van der Waals surface area contributed by atoms with E-state index in [9.17, 15) is 35.4 Å². The third kappa shape index (κ3) is 4.24. The standard InChI is InChI=1S/C14H13BrClNO8.C6H13N/c15-13(23)11(21)12(22,9(10(19)20)25-14(13,16)24)17-5-8(18)6-3-1-2-4-7(6)17;7-6-4-2-1-3-5-6/h1-5,9,11,18,21-24H,(H,19,20);6H,1-5,7H2/t9-,11+,12-,13-,14+;/m1./s1. The van der Waals surface area contributed by atoms with E-state index >= 15 is 0 Å². The Labute approximate surface area is 196 Å². The van der Waals surface area contributed by atoms with Gasteiger partial charge in [-0.3, -0.25) is 0 Å². The van der Waals surface area contributed by atoms with Crippen molar-refractivity contribution in [2.24, 2.45) is 5.73 Å². The van der Waals surface area contributed by atoms with Gasteiger partial charge in [0.25, 0.3) is 5.25 Å². The number of para-hydroxylation sites is 1. The Morgan fingerprint density at radius 1 is 1.19 bits per heavy atom. The number of aromatic hydroxyl groups is 1. The second-order valence-electron chi connectivity index (χ2n) is 8.06. The largest absolute Gasteiger partial charge is 0.506 e. The molecule has 2 heterocycles. The van der Waals surface area contributed by atoms with Crippen LogP contribution in [0.1, 0.15) is 32.1 Å². The molecule has 8 N–H and O–H groups in total. The Morgan fingerprint density at radius 2 is 1.78 bits per heavy atom. The van der Waals surface area contributed by atoms with E-state index in [1.807, 2.05) is 0 Å². The summed E-state index contributed by atoms with van der Waals surface area (Å²) in [6.07, 6.45) is 2.95. The Kier molecular flexibility index (Phi) is 7.14. The zero-order valence-corrected chi connectivity index (χ0v) is 19.3. The number of benzene rings is 1. The van der Waals surface area contributed by atoms with Gasteiger partial charge in [-0.1, -0.05) is 43.0 Å². The van der Waals surface area contributed by atoms with Crippen molar-refractivity contribution in [3.63, 3.8) is 0 Å². The molecule has 2 aliphatic rings. The van der Waals surface area contributed by atoms with Crippen LogP contribution in [-0.4, -0.2) is 69.2 Å². The molecule has 1 saturated heterocycles. The molecule has 1 aliphatic heterocycles. The van der Waals surface area contributed by atoms with Crippen LogP contribution < -0.4 is 5.73 Å². The Hall–Kier alpha value is -1.44. The molecule has 0 bridgehead atoms. The van der Waals surface area contributed by atoms with Gasteiger partial charge in [0.05, 0.1) is 5.52 Å². The number of carboxylic acid groups (broad SMARTS) is 1. The molecule has 178 valence electrons. The number of aliphatic carboxylic acids is 1. The minimum absolute atomic E-state index is 0.139. The predicted octanol–water partition coefficient (Wildman–Crippen LogP) is 1.08. The smallest absolute Gasteiger partial charge is 0.338 e. The summed E-state index contributed by atoms with van der Waals surface area (Å²) in [6, 6.07) is 6.61. The number of hydrogen-bond donors (Lipinski definition) is 7. The molecule has 1 saturated carbocycles. The van der Waals surface area contributed by atoms with Gasteiger partial charge < -0.3 is 45.7 Å². The second kappa shape index (κ2) is 9.07. The Morgan fingerprint density at radius 3 is 2.31 bits per heavy atom. The quantitative estimate of drug-likeness (QED) is 0.276. The van der Waals surface area contributed by atoms with Crippen LogP contribution in [0.2, 0.25) is 0 Å². The molecule has 4 rings (SSSR count). The average Bonchev–Trinajstić information content (AvgIpc) is 3.08. The maximum Gasteiger partial charge on any atom is 0.338 e. The number of aromatic nitrogens is 1. The van der Waals surface area contributed by atoms with Crippen molar-refractivity contribution < 1.29 is 40.2 Å². The maximum absolute atomic E-state index is 11.6. The van der Waals surface area contributed by atoms with E-state index in [0.717, 1.165) is 10.8 Å². The number of alkyl halides is 2. The van der Waals surface area contributed by atoms with Crippen LogP contribution in [0.5, 0.6) is 5.75 Å². The topological polar surface area (TPSA) is 179 Å². The molecule has 0 spiro atoms. The van der Waals surface area contributed by atoms with Gasteiger partial charge in [-0.05, 0) is 40.9 Å². The van der Waals surface area contributed by atoms with Crippen LogP contribution in [0.4, 0.5) is 0 Å². The molecule has 0 amide bonds. The predicted molar refractivity (Wildman–Crippen MR) is 118 cm³/mol. The molecule has 10 nitrogen and oxygen atoms in total. The summed E-state index contributed by atoms with van der Waals surface area (Å²) in [4.78, 5) is 11.6. The molecule has 1 aliphatic carbocycles. The van der Waals surface area contributed by atoms with Crippen molar-refractivity contribution in [1.29, 1.82) is 0 Å². The van der Waals surface area contributed by atoms with Crippen LogP contribution in [0, 0.1) is 0 Å². The number of aliphatic hydroxyl groups excluding tert-OH is 1. The summed E-state index contributed by atoms with van der Waals surface area (Å²) in [5.41, 5.74) is 2.93. The molecule has 1 aromatic heterocycles. The van der Waals surface area contributed by atoms with Gasteiger partial charge in [-0.2, -0.15) is 0 Å². The van der Waals surface area contributed by atoms with Crippen LogP contribution in [0.3, 0.4) is 0 Å². The number of rotatable bonds is 2. The summed E-state index contributed by atoms with van der Waals surface area (Å²) in [5, 5.41) is 58.4. The maximum atomic E-state index is 11.6. The Balaban J connectivity index is 0.000000352. The van der Waals surface area contributed by atoms with E-state index in [4.69, 9.17) is 22.1 Å². The number of carbonyl (C=O) groups is 1. The van der Waals surface area contributed by atoms with Gasteiger partial charge in [-0.15, -0.1) is 0 Å². The van der Waals surface area contributed by atoms with E-state index < -0.39 is 33.7 Å². The first-order valence-corrected chi connectivity index (χ1v) is 11.2. The van der Waals surface area contributed by atoms with E-state index in [1.54, 1.807) is 12.1 Å². The lowest BCUT2D eigenvalue weighted by atomic mass is 9.90. The Bertz CT molecular complexity index is 978. The van der Waals surface area contributed by atoms with Gasteiger partial charge in [0.2, 0.25) is 16.3 Å². The third-order valence-corrected chi connectivity index (χ3v) is 7.38. The van der Waals surface area contributed by atoms with Gasteiger partial charge in [0, 0.05) is 17.6 Å². The van der Waals surface area contributed by atoms with Crippen molar-refractivity contribution in [1.82, 2.24) is 4.57 Å². The number of nitrogens with two attached hydrogens (primary N) is 1. The molecule has 2 aromatic rings. The van der Waals surface area contributed by atoms with E-state index in [0.29, 0.717) is 6.04 Å². The van der Waals surface area contributed by atoms with Crippen molar-refractivity contribution in [2.45, 2.75) is 65.8 Å². The molecule has 2 fully saturated rings. The molecule has 5 atom stereocenters. The fourth-order valence-corrected chi connectivity index (χ4v) is 4.62. The number of carboxylic acids is 1. The van der Waals surface area contributed by atoms with Crippen molar-refractivity contribution in [3.8, 4) is 5.75 Å². The van der Waals surface area contributed by atoms with Crippen LogP contribution >= 0.6 is 27.5 Å². The summed E-state index contributed by atoms with van der Waals surface area (Å²) in [5.74, 6) is -2.09. The zero-order valence-electron chi connectivity index (χ0n) is 16.9. The number of halogens is 2. The SMILES string of the molecule is NC1CCCCC1.O=C(O)[C@H]1O[C@](O)(Cl)[C@@](O)(Br)[C@@H](O)[C@@]1(O)n1cc(O)c2ccccc21. The van der Waals surface area contributed by atoms with Gasteiger partial charge >= 0.3 is 5.97 Å². The first-order chi connectivity index (χ1) is 14.8. The molecular weight excluding hydrogens is 512 g/mol. The zero-order chi connectivity index (χ0) is 23.9. The number of fused-ring (bicyclic) bond motifs is 1. The second-order valence-corrected chi connectivity index (χ2v) is 9.78. The summed E-state index contributed by atoms with van der Waals surface area (Å²) in [7, 11) is 0. The number of ether oxygens (including phenoxy) is 1. The van der Waals surface area contributed by atoms with Gasteiger partial charge in [-0.25, -0.2) is 4.79 Å². The summed E-state index contributed by atoms with van der Waals surface area (Å²) >= 11 is 8.15. The van der Waals surface area contributed by atoms with Crippen molar-refractivity contribution in [3.05, 3.63) is 30.5 Å². The highest BCUT2D eigenvalue weighted by molar-refractivity contribution is 9.10. The van der Waals surface area contributed by atoms with E-state index in [-0.39, 0.29) is 16.7 Å². The fourth-order valence-electron chi connectivity index (χ4n) is 4.00. The third-order valence-electron chi connectivity index (χ3n) is 5.81. The van der Waals surface area contributed by atoms with Gasteiger partial charge in [0.1, 0.15) is 5.75 Å². The minimum atomic E-state index is -3.06. The molecule has 0 unspecified atom stereocenters. The molecule has 12 heteroatoms. The number of aliphatic hydroxyl groups is 4. The van der Waals surface area contributed by atoms with Crippen molar-refractivity contribution in [2.75, 3.05) is 0 Å². The van der Waals surface area contributed by atoms with Crippen LogP contribution in [0.25, 0.3) is 10.9 Å². The van der Waals surface area contributed by atoms with Crippen LogP contribution in [-0.2, 0) is 15.3 Å². The molecule has 0 radical (unpaired) electrons. The molecular formula is C20H26BrClN2O8. The number of nitrogens with zero attached hydrogens (tertiary/aromatic N) is 1. The molecule has 32 heavy (non-hydrogen) atoms. The van der Waals surface area contributed by atoms with Crippen LogP contribution in [0.15, 0.2) is 30.5 Å². The normalized spacial score (nSPS) is 35.8. The number of hydrogen-bond acceptors (Lipinski definition) is 8. The van der Waals surface area contributed by atoms with Gasteiger partial charge in [0.15, 0.2) is 6.10 Å². The first kappa shape index (κ1) is 25.2.